The summed E-state index contributed by atoms with van der Waals surface area (Å²) < 4.78 is 10.3. The average Bonchev–Trinajstić information content (AvgIpc) is 3.22. The monoisotopic (exact) mass is 301 g/mol. The number of primary amides is 1. The van der Waals surface area contributed by atoms with Crippen LogP contribution >= 0.6 is 0 Å². The Labute approximate surface area is 126 Å². The average molecular weight is 301 g/mol. The number of carbonyl (C=O) groups is 2. The molecule has 3 N–H and O–H groups in total. The van der Waals surface area contributed by atoms with Gasteiger partial charge in [0.1, 0.15) is 11.5 Å². The minimum absolute atomic E-state index is 0.217. The van der Waals surface area contributed by atoms with Crippen molar-refractivity contribution in [1.82, 2.24) is 5.16 Å². The number of nitrogens with one attached hydrogen (secondary N) is 1. The van der Waals surface area contributed by atoms with Crippen molar-refractivity contribution in [2.24, 2.45) is 5.73 Å². The molecule has 1 fully saturated rings. The van der Waals surface area contributed by atoms with E-state index in [9.17, 15) is 9.59 Å². The third-order valence-electron chi connectivity index (χ3n) is 3.21. The highest BCUT2D eigenvalue weighted by molar-refractivity contribution is 6.02. The van der Waals surface area contributed by atoms with Gasteiger partial charge in [-0.3, -0.25) is 9.59 Å². The maximum absolute atomic E-state index is 12.1. The number of hydrogen-bond acceptors (Lipinski definition) is 5. The number of rotatable bonds is 6. The van der Waals surface area contributed by atoms with Gasteiger partial charge in [0.2, 0.25) is 0 Å². The number of carbonyl (C=O) groups excluding carboxylic acids is 2. The van der Waals surface area contributed by atoms with E-state index in [0.29, 0.717) is 17.4 Å². The van der Waals surface area contributed by atoms with Crippen LogP contribution in [0.25, 0.3) is 0 Å². The van der Waals surface area contributed by atoms with E-state index >= 15 is 0 Å². The van der Waals surface area contributed by atoms with Gasteiger partial charge in [0, 0.05) is 23.7 Å². The first-order chi connectivity index (χ1) is 10.6. The Morgan fingerprint density at radius 3 is 2.91 bits per heavy atom. The standard InChI is InChI=1S/C15H15N3O4/c16-14(19)8-21-11-3-1-2-10(6-11)17-15(20)12-7-13(22-18-12)9-4-5-9/h1-3,6-7,9H,4-5,8H2,(H2,16,19)(H,17,20). The molecule has 22 heavy (non-hydrogen) atoms. The second kappa shape index (κ2) is 5.88. The molecule has 2 aromatic rings. The molecule has 0 unspecified atom stereocenters. The smallest absolute Gasteiger partial charge is 0.277 e. The lowest BCUT2D eigenvalue weighted by Gasteiger charge is -2.07. The molecule has 1 aromatic heterocycles. The highest BCUT2D eigenvalue weighted by Gasteiger charge is 2.28. The third kappa shape index (κ3) is 3.43. The Morgan fingerprint density at radius 1 is 1.36 bits per heavy atom. The summed E-state index contributed by atoms with van der Waals surface area (Å²) in [4.78, 5) is 22.8. The fraction of sp³-hybridized carbons (Fsp3) is 0.267. The zero-order valence-corrected chi connectivity index (χ0v) is 11.7. The molecule has 0 atom stereocenters. The summed E-state index contributed by atoms with van der Waals surface area (Å²) in [5.41, 5.74) is 5.79. The molecule has 1 aromatic carbocycles. The molecule has 1 heterocycles. The Bertz CT molecular complexity index is 706. The summed E-state index contributed by atoms with van der Waals surface area (Å²) in [6.07, 6.45) is 2.16. The van der Waals surface area contributed by atoms with Gasteiger partial charge in [-0.25, -0.2) is 0 Å². The molecule has 0 bridgehead atoms. The molecule has 1 aliphatic rings. The molecule has 0 radical (unpaired) electrons. The van der Waals surface area contributed by atoms with Crippen LogP contribution in [0.5, 0.6) is 5.75 Å². The highest BCUT2D eigenvalue weighted by Crippen LogP contribution is 2.40. The molecule has 114 valence electrons. The SMILES string of the molecule is NC(=O)COc1cccc(NC(=O)c2cc(C3CC3)on2)c1. The summed E-state index contributed by atoms with van der Waals surface area (Å²) in [6.45, 7) is -0.217. The zero-order valence-electron chi connectivity index (χ0n) is 11.7. The van der Waals surface area contributed by atoms with Gasteiger partial charge in [-0.05, 0) is 25.0 Å². The van der Waals surface area contributed by atoms with E-state index in [1.165, 1.54) is 0 Å². The third-order valence-corrected chi connectivity index (χ3v) is 3.21. The van der Waals surface area contributed by atoms with Gasteiger partial charge in [0.15, 0.2) is 12.3 Å². The van der Waals surface area contributed by atoms with Crippen LogP contribution in [-0.4, -0.2) is 23.6 Å². The molecule has 1 saturated carbocycles. The van der Waals surface area contributed by atoms with Crippen LogP contribution in [0.15, 0.2) is 34.9 Å². The summed E-state index contributed by atoms with van der Waals surface area (Å²) in [5.74, 6) is 0.672. The first-order valence-corrected chi connectivity index (χ1v) is 6.91. The molecule has 0 spiro atoms. The predicted octanol–water partition coefficient (Wildman–Crippen LogP) is 1.67. The number of nitrogens with zero attached hydrogens (tertiary/aromatic N) is 1. The number of ether oxygens (including phenoxy) is 1. The van der Waals surface area contributed by atoms with Crippen molar-refractivity contribution in [3.8, 4) is 5.75 Å². The number of nitrogens with two attached hydrogens (primary N) is 1. The second-order valence-electron chi connectivity index (χ2n) is 5.13. The van der Waals surface area contributed by atoms with Gasteiger partial charge in [-0.1, -0.05) is 11.2 Å². The molecule has 7 nitrogen and oxygen atoms in total. The van der Waals surface area contributed by atoms with Crippen molar-refractivity contribution in [2.45, 2.75) is 18.8 Å². The van der Waals surface area contributed by atoms with Crippen LogP contribution < -0.4 is 15.8 Å². The first-order valence-electron chi connectivity index (χ1n) is 6.91. The van der Waals surface area contributed by atoms with Gasteiger partial charge < -0.3 is 20.3 Å². The highest BCUT2D eigenvalue weighted by atomic mass is 16.5. The van der Waals surface area contributed by atoms with Crippen LogP contribution in [0.3, 0.4) is 0 Å². The molecule has 3 rings (SSSR count). The molecular formula is C15H15N3O4. The summed E-state index contributed by atoms with van der Waals surface area (Å²) >= 11 is 0. The van der Waals surface area contributed by atoms with Gasteiger partial charge in [0.25, 0.3) is 11.8 Å². The number of anilines is 1. The van der Waals surface area contributed by atoms with Crippen LogP contribution in [-0.2, 0) is 4.79 Å². The molecule has 1 aliphatic carbocycles. The van der Waals surface area contributed by atoms with Crippen LogP contribution in [0.4, 0.5) is 5.69 Å². The molecule has 0 aliphatic heterocycles. The normalized spacial score (nSPS) is 13.6. The topological polar surface area (TPSA) is 107 Å². The van der Waals surface area contributed by atoms with E-state index in [1.807, 2.05) is 0 Å². The van der Waals surface area contributed by atoms with E-state index in [-0.39, 0.29) is 18.2 Å². The lowest BCUT2D eigenvalue weighted by atomic mass is 10.2. The van der Waals surface area contributed by atoms with E-state index in [0.717, 1.165) is 18.6 Å². The molecule has 2 amide bonds. The lowest BCUT2D eigenvalue weighted by Crippen LogP contribution is -2.20. The first kappa shape index (κ1) is 14.1. The Hall–Kier alpha value is -2.83. The van der Waals surface area contributed by atoms with Crippen LogP contribution in [0, 0.1) is 0 Å². The summed E-state index contributed by atoms with van der Waals surface area (Å²) in [5, 5.41) is 6.48. The van der Waals surface area contributed by atoms with Crippen LogP contribution in [0.2, 0.25) is 0 Å². The summed E-state index contributed by atoms with van der Waals surface area (Å²) in [6, 6.07) is 8.34. The molecular weight excluding hydrogens is 286 g/mol. The van der Waals surface area contributed by atoms with Gasteiger partial charge >= 0.3 is 0 Å². The quantitative estimate of drug-likeness (QED) is 0.843. The largest absolute Gasteiger partial charge is 0.484 e. The van der Waals surface area contributed by atoms with Crippen molar-refractivity contribution in [3.05, 3.63) is 41.8 Å². The number of hydrogen-bond donors (Lipinski definition) is 2. The van der Waals surface area contributed by atoms with Gasteiger partial charge in [-0.15, -0.1) is 0 Å². The van der Waals surface area contributed by atoms with Gasteiger partial charge in [0.05, 0.1) is 0 Å². The van der Waals surface area contributed by atoms with Crippen molar-refractivity contribution in [1.29, 1.82) is 0 Å². The second-order valence-corrected chi connectivity index (χ2v) is 5.13. The van der Waals surface area contributed by atoms with E-state index in [2.05, 4.69) is 10.5 Å². The predicted molar refractivity (Wildman–Crippen MR) is 77.6 cm³/mol. The minimum Gasteiger partial charge on any atom is -0.484 e. The number of amides is 2. The number of aromatic nitrogens is 1. The zero-order chi connectivity index (χ0) is 15.5. The van der Waals surface area contributed by atoms with Gasteiger partial charge in [-0.2, -0.15) is 0 Å². The number of benzene rings is 1. The Morgan fingerprint density at radius 2 is 2.18 bits per heavy atom. The Balaban J connectivity index is 1.64. The van der Waals surface area contributed by atoms with E-state index in [1.54, 1.807) is 30.3 Å². The van der Waals surface area contributed by atoms with Crippen LogP contribution in [0.1, 0.15) is 35.0 Å². The maximum atomic E-state index is 12.1. The fourth-order valence-corrected chi connectivity index (χ4v) is 1.97. The van der Waals surface area contributed by atoms with E-state index < -0.39 is 5.91 Å². The van der Waals surface area contributed by atoms with Crippen molar-refractivity contribution >= 4 is 17.5 Å². The molecule has 0 saturated heterocycles. The molecule has 7 heteroatoms. The summed E-state index contributed by atoms with van der Waals surface area (Å²) in [7, 11) is 0. The van der Waals surface area contributed by atoms with E-state index in [4.69, 9.17) is 15.0 Å². The maximum Gasteiger partial charge on any atom is 0.277 e. The van der Waals surface area contributed by atoms with Crippen molar-refractivity contribution < 1.29 is 18.8 Å². The minimum atomic E-state index is -0.565. The Kier molecular flexibility index (Phi) is 3.78. The fourth-order valence-electron chi connectivity index (χ4n) is 1.97. The van der Waals surface area contributed by atoms with Crippen molar-refractivity contribution in [2.75, 3.05) is 11.9 Å². The van der Waals surface area contributed by atoms with Crippen molar-refractivity contribution in [3.63, 3.8) is 0 Å². The lowest BCUT2D eigenvalue weighted by molar-refractivity contribution is -0.119.